The van der Waals surface area contributed by atoms with Crippen LogP contribution in [0.25, 0.3) is 0 Å². The number of nitrogens with one attached hydrogen (secondary N) is 1. The first-order chi connectivity index (χ1) is 16.1. The van der Waals surface area contributed by atoms with E-state index in [9.17, 15) is 13.2 Å². The maximum atomic E-state index is 13.7. The number of hydrogen-bond donors (Lipinski definition) is 1. The van der Waals surface area contributed by atoms with Crippen molar-refractivity contribution in [3.8, 4) is 11.5 Å². The number of rotatable bonds is 9. The predicted molar refractivity (Wildman–Crippen MR) is 135 cm³/mol. The third-order valence-corrected chi connectivity index (χ3v) is 7.91. The lowest BCUT2D eigenvalue weighted by Crippen LogP contribution is -2.52. The third kappa shape index (κ3) is 5.28. The summed E-state index contributed by atoms with van der Waals surface area (Å²) in [5.74, 6) is 0.665. The van der Waals surface area contributed by atoms with E-state index in [-0.39, 0.29) is 18.2 Å². The summed E-state index contributed by atoms with van der Waals surface area (Å²) < 4.78 is 38.7. The smallest absolute Gasteiger partial charge is 0.244 e. The van der Waals surface area contributed by atoms with E-state index in [2.05, 4.69) is 19.2 Å². The summed E-state index contributed by atoms with van der Waals surface area (Å²) in [5, 5.41) is 3.47. The fraction of sp³-hybridized carbons (Fsp3) is 0.480. The van der Waals surface area contributed by atoms with Gasteiger partial charge in [0.2, 0.25) is 15.9 Å². The molecule has 1 amide bonds. The molecule has 1 N–H and O–H groups in total. The van der Waals surface area contributed by atoms with Gasteiger partial charge in [-0.25, -0.2) is 8.42 Å². The summed E-state index contributed by atoms with van der Waals surface area (Å²) in [6, 6.07) is 11.1. The lowest BCUT2D eigenvalue weighted by atomic mass is 9.83. The summed E-state index contributed by atoms with van der Waals surface area (Å²) in [7, 11) is -2.40. The Morgan fingerprint density at radius 2 is 1.91 bits per heavy atom. The minimum atomic E-state index is -3.85. The fourth-order valence-corrected chi connectivity index (χ4v) is 5.94. The van der Waals surface area contributed by atoms with Crippen LogP contribution in [0.3, 0.4) is 0 Å². The Balaban J connectivity index is 2.01. The normalized spacial score (nSPS) is 17.8. The Hall–Kier alpha value is -2.45. The molecule has 0 fully saturated rings. The van der Waals surface area contributed by atoms with E-state index in [0.717, 1.165) is 34.7 Å². The van der Waals surface area contributed by atoms with Gasteiger partial charge in [-0.05, 0) is 43.5 Å². The van der Waals surface area contributed by atoms with Crippen molar-refractivity contribution < 1.29 is 22.7 Å². The second kappa shape index (κ2) is 10.4. The highest BCUT2D eigenvalue weighted by atomic mass is 35.5. The van der Waals surface area contributed by atoms with Gasteiger partial charge in [-0.1, -0.05) is 50.6 Å². The summed E-state index contributed by atoms with van der Waals surface area (Å²) in [5.41, 5.74) is 0.707. The standard InChI is InChI=1S/C25H33ClN2O5S/c1-6-20(28(34(5,30)31)21-15-17(26)13-14-23(21)32-4)24(29)27-19-16-25(7-2,8-3)33-22-12-10-9-11-18(19)22/h9-15,19-20H,6-8,16H2,1-5H3,(H,27,29)/t19-,20+/m1/s1. The van der Waals surface area contributed by atoms with Gasteiger partial charge in [0, 0.05) is 17.0 Å². The SMILES string of the molecule is CC[C@@H](C(=O)N[C@@H]1CC(CC)(CC)Oc2ccccc21)N(c1cc(Cl)ccc1OC)S(C)(=O)=O. The van der Waals surface area contributed by atoms with E-state index in [1.807, 2.05) is 24.3 Å². The molecule has 2 aromatic rings. The van der Waals surface area contributed by atoms with Crippen LogP contribution in [0.1, 0.15) is 58.1 Å². The summed E-state index contributed by atoms with van der Waals surface area (Å²) >= 11 is 6.18. The molecule has 7 nitrogen and oxygen atoms in total. The number of nitrogens with zero attached hydrogens (tertiary/aromatic N) is 1. The molecule has 2 aromatic carbocycles. The molecule has 34 heavy (non-hydrogen) atoms. The first-order valence-corrected chi connectivity index (χ1v) is 13.7. The fourth-order valence-electron chi connectivity index (χ4n) is 4.57. The summed E-state index contributed by atoms with van der Waals surface area (Å²) in [6.45, 7) is 5.92. The molecule has 186 valence electrons. The minimum absolute atomic E-state index is 0.225. The monoisotopic (exact) mass is 508 g/mol. The molecule has 3 rings (SSSR count). The van der Waals surface area contributed by atoms with E-state index in [4.69, 9.17) is 21.1 Å². The molecule has 1 aliphatic heterocycles. The van der Waals surface area contributed by atoms with Crippen molar-refractivity contribution in [2.24, 2.45) is 0 Å². The third-order valence-electron chi connectivity index (χ3n) is 6.51. The number of para-hydroxylation sites is 1. The van der Waals surface area contributed by atoms with E-state index in [0.29, 0.717) is 17.2 Å². The van der Waals surface area contributed by atoms with Crippen LogP contribution >= 0.6 is 11.6 Å². The van der Waals surface area contributed by atoms with E-state index >= 15 is 0 Å². The number of halogens is 1. The molecule has 2 atom stereocenters. The number of carbonyl (C=O) groups excluding carboxylic acids is 1. The highest BCUT2D eigenvalue weighted by molar-refractivity contribution is 7.92. The number of methoxy groups -OCH3 is 1. The van der Waals surface area contributed by atoms with Crippen LogP contribution in [0.4, 0.5) is 5.69 Å². The molecule has 1 heterocycles. The molecular weight excluding hydrogens is 476 g/mol. The van der Waals surface area contributed by atoms with Gasteiger partial charge in [0.1, 0.15) is 23.1 Å². The second-order valence-electron chi connectivity index (χ2n) is 8.59. The number of benzene rings is 2. The molecule has 0 aliphatic carbocycles. The van der Waals surface area contributed by atoms with Crippen molar-refractivity contribution in [3.05, 3.63) is 53.1 Å². The molecule has 0 bridgehead atoms. The topological polar surface area (TPSA) is 84.9 Å². The molecule has 0 saturated heterocycles. The number of carbonyl (C=O) groups is 1. The Bertz CT molecular complexity index is 1130. The quantitative estimate of drug-likeness (QED) is 0.510. The van der Waals surface area contributed by atoms with Gasteiger partial charge in [-0.2, -0.15) is 0 Å². The number of amides is 1. The molecule has 0 saturated carbocycles. The van der Waals surface area contributed by atoms with Crippen LogP contribution in [0.15, 0.2) is 42.5 Å². The van der Waals surface area contributed by atoms with Crippen LogP contribution in [0.2, 0.25) is 5.02 Å². The van der Waals surface area contributed by atoms with Gasteiger partial charge >= 0.3 is 0 Å². The van der Waals surface area contributed by atoms with Gasteiger partial charge in [0.15, 0.2) is 0 Å². The summed E-state index contributed by atoms with van der Waals surface area (Å²) in [4.78, 5) is 13.7. The minimum Gasteiger partial charge on any atom is -0.495 e. The Kier molecular flexibility index (Phi) is 8.03. The molecule has 0 spiro atoms. The number of ether oxygens (including phenoxy) is 2. The summed E-state index contributed by atoms with van der Waals surface area (Å²) in [6.07, 6.45) is 3.50. The average molecular weight is 509 g/mol. The van der Waals surface area contributed by atoms with Crippen molar-refractivity contribution in [3.63, 3.8) is 0 Å². The molecule has 0 unspecified atom stereocenters. The van der Waals surface area contributed by atoms with Gasteiger partial charge in [-0.15, -0.1) is 0 Å². The van der Waals surface area contributed by atoms with Crippen molar-refractivity contribution >= 4 is 33.2 Å². The van der Waals surface area contributed by atoms with Gasteiger partial charge in [0.25, 0.3) is 0 Å². The zero-order chi connectivity index (χ0) is 25.1. The Morgan fingerprint density at radius 1 is 1.24 bits per heavy atom. The van der Waals surface area contributed by atoms with Crippen LogP contribution < -0.4 is 19.1 Å². The van der Waals surface area contributed by atoms with Crippen molar-refractivity contribution in [2.75, 3.05) is 17.7 Å². The number of fused-ring (bicyclic) bond motifs is 1. The van der Waals surface area contributed by atoms with Crippen LogP contribution in [0.5, 0.6) is 11.5 Å². The average Bonchev–Trinajstić information content (AvgIpc) is 2.81. The number of anilines is 1. The molecule has 0 aromatic heterocycles. The Labute approximate surface area is 207 Å². The second-order valence-corrected chi connectivity index (χ2v) is 10.9. The lowest BCUT2D eigenvalue weighted by molar-refractivity contribution is -0.123. The van der Waals surface area contributed by atoms with Gasteiger partial charge < -0.3 is 14.8 Å². The van der Waals surface area contributed by atoms with Crippen molar-refractivity contribution in [1.29, 1.82) is 0 Å². The van der Waals surface area contributed by atoms with E-state index < -0.39 is 27.6 Å². The molecule has 1 aliphatic rings. The zero-order valence-electron chi connectivity index (χ0n) is 20.3. The zero-order valence-corrected chi connectivity index (χ0v) is 21.9. The van der Waals surface area contributed by atoms with Crippen LogP contribution in [0, 0.1) is 0 Å². The van der Waals surface area contributed by atoms with Gasteiger partial charge in [-0.3, -0.25) is 9.10 Å². The Morgan fingerprint density at radius 3 is 2.50 bits per heavy atom. The van der Waals surface area contributed by atoms with Crippen molar-refractivity contribution in [1.82, 2.24) is 5.32 Å². The largest absolute Gasteiger partial charge is 0.495 e. The maximum absolute atomic E-state index is 13.7. The number of sulfonamides is 1. The number of hydrogen-bond acceptors (Lipinski definition) is 5. The maximum Gasteiger partial charge on any atom is 0.244 e. The van der Waals surface area contributed by atoms with E-state index in [1.54, 1.807) is 19.1 Å². The van der Waals surface area contributed by atoms with Crippen molar-refractivity contribution in [2.45, 2.75) is 64.1 Å². The van der Waals surface area contributed by atoms with Crippen LogP contribution in [-0.4, -0.2) is 39.3 Å². The van der Waals surface area contributed by atoms with Gasteiger partial charge in [0.05, 0.1) is 25.1 Å². The van der Waals surface area contributed by atoms with Crippen LogP contribution in [-0.2, 0) is 14.8 Å². The lowest BCUT2D eigenvalue weighted by Gasteiger charge is -2.42. The highest BCUT2D eigenvalue weighted by Crippen LogP contribution is 2.43. The predicted octanol–water partition coefficient (Wildman–Crippen LogP) is 5.09. The van der Waals surface area contributed by atoms with E-state index in [1.165, 1.54) is 13.2 Å². The molecule has 0 radical (unpaired) electrons. The molecular formula is C25H33ClN2O5S. The molecule has 9 heteroatoms. The highest BCUT2D eigenvalue weighted by Gasteiger charge is 2.41. The first kappa shape index (κ1) is 26.2. The first-order valence-electron chi connectivity index (χ1n) is 11.5.